The average Bonchev–Trinajstić information content (AvgIpc) is 2.70. The molecule has 0 saturated heterocycles. The van der Waals surface area contributed by atoms with Crippen LogP contribution >= 0.6 is 11.3 Å². The van der Waals surface area contributed by atoms with Crippen LogP contribution in [0.5, 0.6) is 0 Å². The first-order chi connectivity index (χ1) is 6.40. The van der Waals surface area contributed by atoms with E-state index in [1.807, 2.05) is 17.5 Å². The number of hydrogen-bond acceptors (Lipinski definition) is 4. The molecule has 0 fully saturated rings. The van der Waals surface area contributed by atoms with Gasteiger partial charge in [0, 0.05) is 6.42 Å². The molecule has 2 heterocycles. The summed E-state index contributed by atoms with van der Waals surface area (Å²) in [6.45, 7) is 0.596. The van der Waals surface area contributed by atoms with Gasteiger partial charge in [0.1, 0.15) is 5.76 Å². The van der Waals surface area contributed by atoms with Gasteiger partial charge in [-0.15, -0.1) is 11.3 Å². The quantitative estimate of drug-likeness (QED) is 0.812. The van der Waals surface area contributed by atoms with E-state index in [9.17, 15) is 0 Å². The normalized spacial score (nSPS) is 10.5. The first kappa shape index (κ1) is 8.47. The third-order valence-electron chi connectivity index (χ3n) is 1.68. The molecule has 0 aliphatic rings. The summed E-state index contributed by atoms with van der Waals surface area (Å²) in [5.41, 5.74) is 5.40. The molecule has 2 aromatic rings. The highest BCUT2D eigenvalue weighted by molar-refractivity contribution is 7.13. The third-order valence-corrected chi connectivity index (χ3v) is 2.53. The number of hydrogen-bond donors (Lipinski definition) is 1. The van der Waals surface area contributed by atoms with Crippen molar-refractivity contribution >= 4 is 11.3 Å². The van der Waals surface area contributed by atoms with Gasteiger partial charge in [0.15, 0.2) is 0 Å². The third kappa shape index (κ3) is 1.79. The van der Waals surface area contributed by atoms with Crippen molar-refractivity contribution in [1.82, 2.24) is 4.98 Å². The van der Waals surface area contributed by atoms with Gasteiger partial charge in [0.2, 0.25) is 5.89 Å². The molecule has 0 radical (unpaired) electrons. The Bertz CT molecular complexity index is 367. The highest BCUT2D eigenvalue weighted by Crippen LogP contribution is 2.23. The van der Waals surface area contributed by atoms with E-state index >= 15 is 0 Å². The molecule has 4 heteroatoms. The van der Waals surface area contributed by atoms with Gasteiger partial charge in [0.25, 0.3) is 0 Å². The Morgan fingerprint density at radius 2 is 2.46 bits per heavy atom. The molecule has 68 valence electrons. The Morgan fingerprint density at radius 3 is 3.15 bits per heavy atom. The van der Waals surface area contributed by atoms with E-state index in [-0.39, 0.29) is 0 Å². The van der Waals surface area contributed by atoms with Crippen molar-refractivity contribution in [3.8, 4) is 10.8 Å². The van der Waals surface area contributed by atoms with Crippen molar-refractivity contribution in [3.63, 3.8) is 0 Å². The van der Waals surface area contributed by atoms with Crippen LogP contribution in [0, 0.1) is 0 Å². The first-order valence-corrected chi connectivity index (χ1v) is 4.97. The van der Waals surface area contributed by atoms with Gasteiger partial charge in [-0.2, -0.15) is 0 Å². The summed E-state index contributed by atoms with van der Waals surface area (Å²) >= 11 is 1.62. The largest absolute Gasteiger partial charge is 0.440 e. The van der Waals surface area contributed by atoms with Crippen molar-refractivity contribution in [1.29, 1.82) is 0 Å². The zero-order valence-corrected chi connectivity index (χ0v) is 7.88. The molecule has 0 aliphatic heterocycles. The molecular formula is C9H10N2OS. The smallest absolute Gasteiger partial charge is 0.236 e. The maximum Gasteiger partial charge on any atom is 0.236 e. The minimum atomic E-state index is 0.596. The molecule has 0 aromatic carbocycles. The van der Waals surface area contributed by atoms with Gasteiger partial charge >= 0.3 is 0 Å². The molecule has 0 amide bonds. The molecule has 0 atom stereocenters. The lowest BCUT2D eigenvalue weighted by Gasteiger charge is -1.89. The lowest BCUT2D eigenvalue weighted by atomic mass is 10.4. The lowest BCUT2D eigenvalue weighted by Crippen LogP contribution is -2.01. The molecule has 0 saturated carbocycles. The maximum atomic E-state index is 5.49. The maximum absolute atomic E-state index is 5.49. The van der Waals surface area contributed by atoms with Gasteiger partial charge in [-0.05, 0) is 18.0 Å². The van der Waals surface area contributed by atoms with E-state index in [1.165, 1.54) is 0 Å². The summed E-state index contributed by atoms with van der Waals surface area (Å²) in [6, 6.07) is 3.97. The van der Waals surface area contributed by atoms with Crippen LogP contribution in [0.1, 0.15) is 5.76 Å². The number of rotatable bonds is 3. The number of oxazole rings is 1. The van der Waals surface area contributed by atoms with Gasteiger partial charge in [0.05, 0.1) is 11.1 Å². The molecular weight excluding hydrogens is 184 g/mol. The van der Waals surface area contributed by atoms with Gasteiger partial charge < -0.3 is 10.2 Å². The molecule has 3 nitrogen and oxygen atoms in total. The van der Waals surface area contributed by atoms with Crippen molar-refractivity contribution in [2.45, 2.75) is 6.42 Å². The summed E-state index contributed by atoms with van der Waals surface area (Å²) in [5, 5.41) is 2.00. The fourth-order valence-electron chi connectivity index (χ4n) is 1.08. The van der Waals surface area contributed by atoms with E-state index in [4.69, 9.17) is 10.2 Å². The van der Waals surface area contributed by atoms with Crippen molar-refractivity contribution < 1.29 is 4.42 Å². The molecule has 0 bridgehead atoms. The summed E-state index contributed by atoms with van der Waals surface area (Å²) in [6.07, 6.45) is 2.49. The molecule has 0 spiro atoms. The lowest BCUT2D eigenvalue weighted by molar-refractivity contribution is 0.520. The van der Waals surface area contributed by atoms with Crippen LogP contribution in [0.2, 0.25) is 0 Å². The molecule has 2 rings (SSSR count). The molecule has 0 aliphatic carbocycles. The SMILES string of the molecule is NCCc1cnc(-c2cccs2)o1. The van der Waals surface area contributed by atoms with Crippen molar-refractivity contribution in [2.24, 2.45) is 5.73 Å². The highest BCUT2D eigenvalue weighted by Gasteiger charge is 2.05. The summed E-state index contributed by atoms with van der Waals surface area (Å²) < 4.78 is 5.49. The van der Waals surface area contributed by atoms with E-state index in [2.05, 4.69) is 4.98 Å². The molecule has 2 N–H and O–H groups in total. The van der Waals surface area contributed by atoms with Crippen LogP contribution in [0.15, 0.2) is 28.1 Å². The Morgan fingerprint density at radius 1 is 1.54 bits per heavy atom. The number of nitrogens with zero attached hydrogens (tertiary/aromatic N) is 1. The zero-order valence-electron chi connectivity index (χ0n) is 7.06. The predicted octanol–water partition coefficient (Wildman–Crippen LogP) is 1.90. The Hall–Kier alpha value is -1.13. The first-order valence-electron chi connectivity index (χ1n) is 4.09. The Labute approximate surface area is 80.2 Å². The standard InChI is InChI=1S/C9H10N2OS/c10-4-3-7-6-11-9(12-7)8-2-1-5-13-8/h1-2,5-6H,3-4,10H2. The number of thiophene rings is 1. The van der Waals surface area contributed by atoms with Crippen LogP contribution in [0.25, 0.3) is 10.8 Å². The second-order valence-electron chi connectivity index (χ2n) is 2.65. The minimum absolute atomic E-state index is 0.596. The van der Waals surface area contributed by atoms with Gasteiger partial charge in [-0.25, -0.2) is 4.98 Å². The van der Waals surface area contributed by atoms with Crippen LogP contribution < -0.4 is 5.73 Å². The van der Waals surface area contributed by atoms with Crippen LogP contribution in [-0.4, -0.2) is 11.5 Å². The fourth-order valence-corrected chi connectivity index (χ4v) is 1.74. The van der Waals surface area contributed by atoms with E-state index in [0.717, 1.165) is 17.1 Å². The molecule has 13 heavy (non-hydrogen) atoms. The van der Waals surface area contributed by atoms with Crippen LogP contribution in [0.3, 0.4) is 0 Å². The van der Waals surface area contributed by atoms with Gasteiger partial charge in [-0.3, -0.25) is 0 Å². The van der Waals surface area contributed by atoms with Crippen LogP contribution in [-0.2, 0) is 6.42 Å². The van der Waals surface area contributed by atoms with E-state index in [0.29, 0.717) is 12.4 Å². The number of aromatic nitrogens is 1. The number of nitrogens with two attached hydrogens (primary N) is 1. The molecule has 2 aromatic heterocycles. The summed E-state index contributed by atoms with van der Waals surface area (Å²) in [7, 11) is 0. The van der Waals surface area contributed by atoms with E-state index in [1.54, 1.807) is 17.5 Å². The fraction of sp³-hybridized carbons (Fsp3) is 0.222. The Kier molecular flexibility index (Phi) is 2.42. The van der Waals surface area contributed by atoms with E-state index < -0.39 is 0 Å². The monoisotopic (exact) mass is 194 g/mol. The average molecular weight is 194 g/mol. The summed E-state index contributed by atoms with van der Waals surface area (Å²) in [5.74, 6) is 1.55. The summed E-state index contributed by atoms with van der Waals surface area (Å²) in [4.78, 5) is 5.22. The minimum Gasteiger partial charge on any atom is -0.440 e. The van der Waals surface area contributed by atoms with Crippen LogP contribution in [0.4, 0.5) is 0 Å². The topological polar surface area (TPSA) is 52.0 Å². The Balaban J connectivity index is 2.23. The zero-order chi connectivity index (χ0) is 9.10. The van der Waals surface area contributed by atoms with Crippen molar-refractivity contribution in [3.05, 3.63) is 29.5 Å². The predicted molar refractivity (Wildman–Crippen MR) is 52.6 cm³/mol. The van der Waals surface area contributed by atoms with Crippen molar-refractivity contribution in [2.75, 3.05) is 6.54 Å². The second kappa shape index (κ2) is 3.72. The second-order valence-corrected chi connectivity index (χ2v) is 3.60. The highest BCUT2D eigenvalue weighted by atomic mass is 32.1. The van der Waals surface area contributed by atoms with Gasteiger partial charge in [-0.1, -0.05) is 6.07 Å². The molecule has 0 unspecified atom stereocenters.